The monoisotopic (exact) mass is 304 g/mol. The molecule has 0 nitrogen and oxygen atoms in total. The molecule has 0 spiro atoms. The highest BCUT2D eigenvalue weighted by atomic mass is 19.4. The maximum absolute atomic E-state index is 13.5. The Morgan fingerprint density at radius 3 is 1.65 bits per heavy atom. The molecule has 0 saturated heterocycles. The molecule has 0 amide bonds. The zero-order valence-corrected chi connectivity index (χ0v) is 8.98. The van der Waals surface area contributed by atoms with Crippen molar-refractivity contribution < 1.29 is 39.5 Å². The highest BCUT2D eigenvalue weighted by Crippen LogP contribution is 2.40. The third-order valence-corrected chi connectivity index (χ3v) is 2.53. The molecule has 0 aliphatic heterocycles. The fourth-order valence-corrected chi connectivity index (χ4v) is 1.71. The van der Waals surface area contributed by atoms with Crippen molar-refractivity contribution in [3.63, 3.8) is 0 Å². The van der Waals surface area contributed by atoms with Crippen LogP contribution in [0.15, 0.2) is 6.07 Å². The van der Waals surface area contributed by atoms with Gasteiger partial charge in [-0.15, -0.1) is 0 Å². The van der Waals surface area contributed by atoms with Crippen molar-refractivity contribution >= 4 is 10.8 Å². The van der Waals surface area contributed by atoms with Crippen molar-refractivity contribution in [2.24, 2.45) is 0 Å². The summed E-state index contributed by atoms with van der Waals surface area (Å²) < 4.78 is 117. The number of hydrogen-bond acceptors (Lipinski definition) is 0. The average molecular weight is 304 g/mol. The third kappa shape index (κ3) is 1.88. The van der Waals surface area contributed by atoms with E-state index in [2.05, 4.69) is 0 Å². The molecule has 20 heavy (non-hydrogen) atoms. The zero-order valence-electron chi connectivity index (χ0n) is 8.98. The van der Waals surface area contributed by atoms with Gasteiger partial charge >= 0.3 is 6.18 Å². The summed E-state index contributed by atoms with van der Waals surface area (Å²) in [6.07, 6.45) is -5.71. The fraction of sp³-hybridized carbons (Fsp3) is 0.0909. The molecule has 0 aromatic heterocycles. The van der Waals surface area contributed by atoms with Crippen LogP contribution in [0, 0.1) is 34.9 Å². The van der Waals surface area contributed by atoms with Gasteiger partial charge in [-0.25, -0.2) is 26.3 Å². The first-order valence-electron chi connectivity index (χ1n) is 4.78. The molecule has 0 fully saturated rings. The van der Waals surface area contributed by atoms with E-state index in [1.165, 1.54) is 0 Å². The van der Waals surface area contributed by atoms with E-state index in [4.69, 9.17) is 0 Å². The van der Waals surface area contributed by atoms with Gasteiger partial charge in [-0.3, -0.25) is 0 Å². The molecule has 0 bridgehead atoms. The second-order valence-electron chi connectivity index (χ2n) is 3.72. The molecule has 0 radical (unpaired) electrons. The first-order chi connectivity index (χ1) is 9.07. The standard InChI is InChI=1S/C11HF9/c12-2-1-3(13)7(14)5-4(2)9(16)10(17)6(8(5)15)11(18,19)20/h1H. The van der Waals surface area contributed by atoms with Crippen molar-refractivity contribution in [3.8, 4) is 0 Å². The Bertz CT molecular complexity index is 715. The highest BCUT2D eigenvalue weighted by molar-refractivity contribution is 5.86. The van der Waals surface area contributed by atoms with E-state index < -0.39 is 57.4 Å². The SMILES string of the molecule is Fc1cc(F)c2c(F)c(F)c(C(F)(F)F)c(F)c2c1F. The van der Waals surface area contributed by atoms with Gasteiger partial charge in [0, 0.05) is 6.07 Å². The lowest BCUT2D eigenvalue weighted by Gasteiger charge is -2.13. The average Bonchev–Trinajstić information content (AvgIpc) is 2.29. The van der Waals surface area contributed by atoms with Gasteiger partial charge in [0.1, 0.15) is 17.2 Å². The van der Waals surface area contributed by atoms with Crippen molar-refractivity contribution in [1.29, 1.82) is 0 Å². The molecule has 0 N–H and O–H groups in total. The predicted molar refractivity (Wildman–Crippen MR) is 48.7 cm³/mol. The Balaban J connectivity index is 3.14. The summed E-state index contributed by atoms with van der Waals surface area (Å²) in [6.45, 7) is 0. The van der Waals surface area contributed by atoms with Crippen LogP contribution in [0.25, 0.3) is 10.8 Å². The summed E-state index contributed by atoms with van der Waals surface area (Å²) in [6, 6.07) is -0.229. The number of rotatable bonds is 0. The van der Waals surface area contributed by atoms with Crippen LogP contribution in [0.2, 0.25) is 0 Å². The molecule has 0 unspecified atom stereocenters. The molecule has 0 aliphatic carbocycles. The molecule has 2 rings (SSSR count). The summed E-state index contributed by atoms with van der Waals surface area (Å²) >= 11 is 0. The summed E-state index contributed by atoms with van der Waals surface area (Å²) in [5, 5.41) is -3.67. The van der Waals surface area contributed by atoms with Crippen LogP contribution in [0.3, 0.4) is 0 Å². The molecule has 0 atom stereocenters. The van der Waals surface area contributed by atoms with E-state index in [0.717, 1.165) is 0 Å². The molecular weight excluding hydrogens is 303 g/mol. The van der Waals surface area contributed by atoms with Gasteiger partial charge in [-0.2, -0.15) is 13.2 Å². The van der Waals surface area contributed by atoms with Crippen LogP contribution < -0.4 is 0 Å². The lowest BCUT2D eigenvalue weighted by Crippen LogP contribution is -2.15. The quantitative estimate of drug-likeness (QED) is 0.489. The largest absolute Gasteiger partial charge is 0.422 e. The summed E-state index contributed by atoms with van der Waals surface area (Å²) in [5.41, 5.74) is -2.76. The van der Waals surface area contributed by atoms with Crippen molar-refractivity contribution in [3.05, 3.63) is 46.5 Å². The van der Waals surface area contributed by atoms with Crippen LogP contribution >= 0.6 is 0 Å². The molecule has 9 heteroatoms. The van der Waals surface area contributed by atoms with Gasteiger partial charge in [0.25, 0.3) is 0 Å². The lowest BCUT2D eigenvalue weighted by molar-refractivity contribution is -0.142. The summed E-state index contributed by atoms with van der Waals surface area (Å²) in [4.78, 5) is 0. The van der Waals surface area contributed by atoms with Gasteiger partial charge in [0.05, 0.1) is 10.8 Å². The Labute approximate surface area is 104 Å². The first kappa shape index (κ1) is 14.5. The smallest absolute Gasteiger partial charge is 0.206 e. The van der Waals surface area contributed by atoms with Crippen LogP contribution in [-0.4, -0.2) is 0 Å². The summed E-state index contributed by atoms with van der Waals surface area (Å²) in [5.74, 6) is -14.0. The number of hydrogen-bond donors (Lipinski definition) is 0. The molecular formula is C11HF9. The molecule has 2 aromatic carbocycles. The lowest BCUT2D eigenvalue weighted by atomic mass is 10.0. The normalized spacial score (nSPS) is 12.2. The summed E-state index contributed by atoms with van der Waals surface area (Å²) in [7, 11) is 0. The van der Waals surface area contributed by atoms with E-state index in [1.807, 2.05) is 0 Å². The zero-order chi connectivity index (χ0) is 15.4. The second kappa shape index (κ2) is 4.29. The fourth-order valence-electron chi connectivity index (χ4n) is 1.71. The minimum Gasteiger partial charge on any atom is -0.206 e. The van der Waals surface area contributed by atoms with E-state index in [9.17, 15) is 39.5 Å². The van der Waals surface area contributed by atoms with E-state index in [0.29, 0.717) is 0 Å². The Hall–Kier alpha value is -1.93. The Kier molecular flexibility index (Phi) is 3.10. The minimum atomic E-state index is -5.71. The maximum Gasteiger partial charge on any atom is 0.422 e. The van der Waals surface area contributed by atoms with Gasteiger partial charge < -0.3 is 0 Å². The Morgan fingerprint density at radius 1 is 0.600 bits per heavy atom. The van der Waals surface area contributed by atoms with Crippen molar-refractivity contribution in [2.75, 3.05) is 0 Å². The van der Waals surface area contributed by atoms with E-state index in [1.54, 1.807) is 0 Å². The number of halogens is 9. The van der Waals surface area contributed by atoms with Gasteiger partial charge in [-0.05, 0) is 0 Å². The van der Waals surface area contributed by atoms with Crippen LogP contribution in [-0.2, 0) is 6.18 Å². The first-order valence-corrected chi connectivity index (χ1v) is 4.78. The Morgan fingerprint density at radius 2 is 1.15 bits per heavy atom. The molecule has 108 valence electrons. The van der Waals surface area contributed by atoms with Gasteiger partial charge in [-0.1, -0.05) is 0 Å². The third-order valence-electron chi connectivity index (χ3n) is 2.53. The predicted octanol–water partition coefficient (Wildman–Crippen LogP) is 4.69. The van der Waals surface area contributed by atoms with Crippen LogP contribution in [0.4, 0.5) is 39.5 Å². The van der Waals surface area contributed by atoms with Gasteiger partial charge in [0.2, 0.25) is 0 Å². The number of benzene rings is 2. The minimum absolute atomic E-state index is 0.229. The van der Waals surface area contributed by atoms with Gasteiger partial charge in [0.15, 0.2) is 23.3 Å². The molecule has 2 aromatic rings. The maximum atomic E-state index is 13.5. The van der Waals surface area contributed by atoms with Crippen LogP contribution in [0.5, 0.6) is 0 Å². The van der Waals surface area contributed by atoms with Crippen LogP contribution in [0.1, 0.15) is 5.56 Å². The van der Waals surface area contributed by atoms with Crippen molar-refractivity contribution in [2.45, 2.75) is 6.18 Å². The highest BCUT2D eigenvalue weighted by Gasteiger charge is 2.42. The topological polar surface area (TPSA) is 0 Å². The number of alkyl halides is 3. The second-order valence-corrected chi connectivity index (χ2v) is 3.72. The molecule has 0 aliphatic rings. The number of fused-ring (bicyclic) bond motifs is 1. The van der Waals surface area contributed by atoms with E-state index >= 15 is 0 Å². The molecule has 0 heterocycles. The van der Waals surface area contributed by atoms with Crippen molar-refractivity contribution in [1.82, 2.24) is 0 Å². The van der Waals surface area contributed by atoms with E-state index in [-0.39, 0.29) is 6.07 Å². The molecule has 0 saturated carbocycles.